The Morgan fingerprint density at radius 3 is 2.80 bits per heavy atom. The Morgan fingerprint density at radius 2 is 2.20 bits per heavy atom. The van der Waals surface area contributed by atoms with Crippen molar-refractivity contribution in [2.75, 3.05) is 20.2 Å². The largest absolute Gasteiger partial charge is 0.497 e. The van der Waals surface area contributed by atoms with Crippen LogP contribution in [0.25, 0.3) is 0 Å². The molecule has 1 unspecified atom stereocenters. The number of aryl methyl sites for hydroxylation is 1. The Labute approximate surface area is 122 Å². The first-order valence-electron chi connectivity index (χ1n) is 7.89. The van der Waals surface area contributed by atoms with Crippen molar-refractivity contribution in [2.24, 2.45) is 5.73 Å². The highest BCUT2D eigenvalue weighted by Gasteiger charge is 2.45. The molecule has 1 aromatic rings. The molecule has 2 N–H and O–H groups in total. The topological polar surface area (TPSA) is 38.5 Å². The lowest BCUT2D eigenvalue weighted by molar-refractivity contribution is 0.0708. The normalized spacial score (nSPS) is 25.6. The summed E-state index contributed by atoms with van der Waals surface area (Å²) in [6.45, 7) is 4.06. The minimum atomic E-state index is 0.0258. The van der Waals surface area contributed by atoms with Gasteiger partial charge >= 0.3 is 0 Å². The third-order valence-corrected chi connectivity index (χ3v) is 5.07. The summed E-state index contributed by atoms with van der Waals surface area (Å²) < 4.78 is 5.45. The Kier molecular flexibility index (Phi) is 3.74. The molecule has 0 radical (unpaired) electrons. The van der Waals surface area contributed by atoms with Gasteiger partial charge in [-0.3, -0.25) is 4.90 Å². The summed E-state index contributed by atoms with van der Waals surface area (Å²) in [7, 11) is 1.74. The summed E-state index contributed by atoms with van der Waals surface area (Å²) in [6.07, 6.45) is 6.24. The van der Waals surface area contributed by atoms with Crippen molar-refractivity contribution in [3.63, 3.8) is 0 Å². The molecule has 3 heteroatoms. The Balaban J connectivity index is 2.08. The Hall–Kier alpha value is -1.06. The molecule has 1 atom stereocenters. The lowest BCUT2D eigenvalue weighted by Crippen LogP contribution is -2.54. The van der Waals surface area contributed by atoms with Gasteiger partial charge in [-0.2, -0.15) is 0 Å². The molecule has 110 valence electrons. The lowest BCUT2D eigenvalue weighted by Gasteiger charge is -2.47. The monoisotopic (exact) mass is 274 g/mol. The van der Waals surface area contributed by atoms with Crippen LogP contribution in [0, 0.1) is 0 Å². The van der Waals surface area contributed by atoms with Crippen molar-refractivity contribution in [1.29, 1.82) is 0 Å². The number of nitrogens with zero attached hydrogens (tertiary/aromatic N) is 1. The number of ether oxygens (including phenoxy) is 1. The summed E-state index contributed by atoms with van der Waals surface area (Å²) >= 11 is 0. The first-order chi connectivity index (χ1) is 9.75. The van der Waals surface area contributed by atoms with Gasteiger partial charge in [0.2, 0.25) is 0 Å². The number of fused-ring (bicyclic) bond motifs is 1. The number of rotatable bonds is 5. The van der Waals surface area contributed by atoms with Crippen molar-refractivity contribution < 1.29 is 4.74 Å². The summed E-state index contributed by atoms with van der Waals surface area (Å²) in [5, 5.41) is 0. The highest BCUT2D eigenvalue weighted by atomic mass is 16.5. The van der Waals surface area contributed by atoms with Crippen LogP contribution in [0.2, 0.25) is 0 Å². The van der Waals surface area contributed by atoms with E-state index < -0.39 is 0 Å². The van der Waals surface area contributed by atoms with Gasteiger partial charge in [-0.05, 0) is 61.9 Å². The predicted octanol–water partition coefficient (Wildman–Crippen LogP) is 2.67. The highest BCUT2D eigenvalue weighted by molar-refractivity contribution is 5.42. The maximum absolute atomic E-state index is 6.30. The van der Waals surface area contributed by atoms with Gasteiger partial charge in [-0.15, -0.1) is 0 Å². The van der Waals surface area contributed by atoms with E-state index in [0.717, 1.165) is 18.3 Å². The second-order valence-corrected chi connectivity index (χ2v) is 6.13. The quantitative estimate of drug-likeness (QED) is 0.897. The third-order valence-electron chi connectivity index (χ3n) is 5.07. The van der Waals surface area contributed by atoms with Gasteiger partial charge in [0.15, 0.2) is 0 Å². The number of hydrogen-bond donors (Lipinski definition) is 1. The van der Waals surface area contributed by atoms with Crippen LogP contribution in [0.5, 0.6) is 5.75 Å². The molecule has 0 saturated heterocycles. The van der Waals surface area contributed by atoms with Gasteiger partial charge in [-0.25, -0.2) is 0 Å². The van der Waals surface area contributed by atoms with E-state index in [1.807, 2.05) is 0 Å². The van der Waals surface area contributed by atoms with Crippen LogP contribution in [0.4, 0.5) is 0 Å². The Morgan fingerprint density at radius 1 is 1.40 bits per heavy atom. The predicted molar refractivity (Wildman–Crippen MR) is 82.1 cm³/mol. The fraction of sp³-hybridized carbons (Fsp3) is 0.647. The maximum atomic E-state index is 6.30. The minimum absolute atomic E-state index is 0.0258. The van der Waals surface area contributed by atoms with E-state index in [0.29, 0.717) is 6.54 Å². The van der Waals surface area contributed by atoms with E-state index in [-0.39, 0.29) is 5.54 Å². The fourth-order valence-corrected chi connectivity index (χ4v) is 3.96. The standard InChI is InChI=1S/C17H26N2O/c1-3-19(14-7-8-14)17(12-18)10-4-5-13-6-9-15(20-2)11-16(13)17/h6,9,11,14H,3-5,7-8,10,12,18H2,1-2H3. The average molecular weight is 274 g/mol. The van der Waals surface area contributed by atoms with Crippen LogP contribution in [0.15, 0.2) is 18.2 Å². The first-order valence-corrected chi connectivity index (χ1v) is 7.89. The summed E-state index contributed by atoms with van der Waals surface area (Å²) in [4.78, 5) is 2.66. The minimum Gasteiger partial charge on any atom is -0.497 e. The van der Waals surface area contributed by atoms with Gasteiger partial charge in [0, 0.05) is 12.6 Å². The zero-order valence-electron chi connectivity index (χ0n) is 12.7. The fourth-order valence-electron chi connectivity index (χ4n) is 3.96. The van der Waals surface area contributed by atoms with E-state index in [1.54, 1.807) is 7.11 Å². The number of benzene rings is 1. The number of nitrogens with two attached hydrogens (primary N) is 1. The van der Waals surface area contributed by atoms with Crippen molar-refractivity contribution >= 4 is 0 Å². The van der Waals surface area contributed by atoms with E-state index in [4.69, 9.17) is 10.5 Å². The van der Waals surface area contributed by atoms with Gasteiger partial charge in [0.25, 0.3) is 0 Å². The van der Waals surface area contributed by atoms with Crippen LogP contribution in [0.1, 0.15) is 43.7 Å². The molecule has 1 aromatic carbocycles. The Bertz CT molecular complexity index is 484. The third kappa shape index (κ3) is 2.13. The molecule has 1 saturated carbocycles. The zero-order chi connectivity index (χ0) is 14.2. The zero-order valence-corrected chi connectivity index (χ0v) is 12.7. The van der Waals surface area contributed by atoms with Crippen LogP contribution < -0.4 is 10.5 Å². The van der Waals surface area contributed by atoms with Crippen molar-refractivity contribution in [3.05, 3.63) is 29.3 Å². The summed E-state index contributed by atoms with van der Waals surface area (Å²) in [5.41, 5.74) is 9.21. The van der Waals surface area contributed by atoms with Crippen LogP contribution >= 0.6 is 0 Å². The van der Waals surface area contributed by atoms with Gasteiger partial charge < -0.3 is 10.5 Å². The second-order valence-electron chi connectivity index (χ2n) is 6.13. The molecule has 0 aromatic heterocycles. The van der Waals surface area contributed by atoms with Gasteiger partial charge in [0.05, 0.1) is 12.6 Å². The lowest BCUT2D eigenvalue weighted by atomic mass is 9.75. The van der Waals surface area contributed by atoms with Crippen LogP contribution in [0.3, 0.4) is 0 Å². The molecule has 0 aliphatic heterocycles. The molecule has 0 amide bonds. The first kappa shape index (κ1) is 13.9. The second kappa shape index (κ2) is 5.38. The van der Waals surface area contributed by atoms with E-state index in [9.17, 15) is 0 Å². The van der Waals surface area contributed by atoms with E-state index >= 15 is 0 Å². The van der Waals surface area contributed by atoms with E-state index in [1.165, 1.54) is 43.2 Å². The molecule has 0 heterocycles. The van der Waals surface area contributed by atoms with Crippen molar-refractivity contribution in [1.82, 2.24) is 4.90 Å². The van der Waals surface area contributed by atoms with Gasteiger partial charge in [-0.1, -0.05) is 13.0 Å². The molecule has 3 rings (SSSR count). The smallest absolute Gasteiger partial charge is 0.119 e. The van der Waals surface area contributed by atoms with E-state index in [2.05, 4.69) is 30.0 Å². The summed E-state index contributed by atoms with van der Waals surface area (Å²) in [5.74, 6) is 0.954. The number of methoxy groups -OCH3 is 1. The highest BCUT2D eigenvalue weighted by Crippen LogP contribution is 2.45. The van der Waals surface area contributed by atoms with Crippen LogP contribution in [-0.2, 0) is 12.0 Å². The summed E-state index contributed by atoms with van der Waals surface area (Å²) in [6, 6.07) is 7.28. The molecule has 2 aliphatic carbocycles. The number of likely N-dealkylation sites (N-methyl/N-ethyl adjacent to an activating group) is 1. The SMILES string of the molecule is CCN(C1CC1)C1(CN)CCCc2ccc(OC)cc21. The molecular formula is C17H26N2O. The molecule has 0 spiro atoms. The van der Waals surface area contributed by atoms with Crippen molar-refractivity contribution in [3.8, 4) is 5.75 Å². The molecule has 1 fully saturated rings. The molecule has 0 bridgehead atoms. The maximum Gasteiger partial charge on any atom is 0.119 e. The molecule has 3 nitrogen and oxygen atoms in total. The molecule has 2 aliphatic rings. The molecular weight excluding hydrogens is 248 g/mol. The van der Waals surface area contributed by atoms with Crippen molar-refractivity contribution in [2.45, 2.75) is 50.6 Å². The molecule has 20 heavy (non-hydrogen) atoms. The number of hydrogen-bond acceptors (Lipinski definition) is 3. The average Bonchev–Trinajstić information content (AvgIpc) is 3.32. The van der Waals surface area contributed by atoms with Gasteiger partial charge in [0.1, 0.15) is 5.75 Å². The van der Waals surface area contributed by atoms with Crippen LogP contribution in [-0.4, -0.2) is 31.1 Å².